The molecule has 0 bridgehead atoms. The number of aromatic nitrogens is 3. The van der Waals surface area contributed by atoms with Crippen molar-refractivity contribution in [3.05, 3.63) is 40.1 Å². The number of rotatable bonds is 4. The fraction of sp³-hybridized carbons (Fsp3) is 0.294. The molecule has 0 radical (unpaired) electrons. The molecule has 3 aromatic heterocycles. The number of anilines is 1. The van der Waals surface area contributed by atoms with Crippen LogP contribution in [0.4, 0.5) is 5.82 Å². The van der Waals surface area contributed by atoms with Gasteiger partial charge in [0.05, 0.1) is 10.3 Å². The van der Waals surface area contributed by atoms with Crippen molar-refractivity contribution >= 4 is 56.6 Å². The van der Waals surface area contributed by atoms with Gasteiger partial charge in [-0.1, -0.05) is 23.4 Å². The van der Waals surface area contributed by atoms with E-state index in [2.05, 4.69) is 20.3 Å². The summed E-state index contributed by atoms with van der Waals surface area (Å²) >= 11 is 9.03. The Morgan fingerprint density at radius 3 is 3.00 bits per heavy atom. The highest BCUT2D eigenvalue weighted by Gasteiger charge is 2.24. The van der Waals surface area contributed by atoms with E-state index >= 15 is 0 Å². The minimum Gasteiger partial charge on any atom is -0.310 e. The quantitative estimate of drug-likeness (QED) is 0.530. The summed E-state index contributed by atoms with van der Waals surface area (Å²) in [4.78, 5) is 27.8. The van der Waals surface area contributed by atoms with Gasteiger partial charge in [0, 0.05) is 16.5 Å². The number of amides is 1. The summed E-state index contributed by atoms with van der Waals surface area (Å²) in [6.45, 7) is 1.87. The molecule has 1 aliphatic carbocycles. The molecule has 0 aromatic carbocycles. The maximum absolute atomic E-state index is 12.5. The third-order valence-electron chi connectivity index (χ3n) is 4.10. The van der Waals surface area contributed by atoms with Crippen molar-refractivity contribution in [2.75, 3.05) is 5.32 Å². The topological polar surface area (TPSA) is 67.8 Å². The van der Waals surface area contributed by atoms with E-state index in [1.54, 1.807) is 29.8 Å². The Kier molecular flexibility index (Phi) is 4.62. The Morgan fingerprint density at radius 2 is 2.20 bits per heavy atom. The summed E-state index contributed by atoms with van der Waals surface area (Å²) in [6.07, 6.45) is 6.48. The van der Waals surface area contributed by atoms with Crippen molar-refractivity contribution in [1.29, 1.82) is 0 Å². The van der Waals surface area contributed by atoms with Crippen LogP contribution in [0.3, 0.4) is 0 Å². The van der Waals surface area contributed by atoms with Crippen LogP contribution in [0.15, 0.2) is 29.7 Å². The maximum atomic E-state index is 12.5. The van der Waals surface area contributed by atoms with Crippen molar-refractivity contribution in [3.8, 4) is 0 Å². The Labute approximate surface area is 158 Å². The molecule has 128 valence electrons. The summed E-state index contributed by atoms with van der Waals surface area (Å²) in [7, 11) is 0. The predicted octanol–water partition coefficient (Wildman–Crippen LogP) is 4.35. The van der Waals surface area contributed by atoms with Crippen LogP contribution in [0.5, 0.6) is 0 Å². The number of hydrogen-bond acceptors (Lipinski definition) is 6. The van der Waals surface area contributed by atoms with Gasteiger partial charge in [-0.25, -0.2) is 15.0 Å². The highest BCUT2D eigenvalue weighted by atomic mass is 35.5. The molecule has 1 atom stereocenters. The molecule has 1 N–H and O–H groups in total. The standard InChI is InChI=1S/C17H15ClN4OS2/c1-9(15(23)22-13-6-5-10(18)7-19-13)24-16-14-11-3-2-4-12(11)25-17(14)21-8-20-16/h5-9H,2-4H2,1H3,(H,19,22,23). The third kappa shape index (κ3) is 3.36. The third-order valence-corrected chi connectivity index (χ3v) is 6.63. The molecule has 1 amide bonds. The molecular formula is C17H15ClN4OS2. The van der Waals surface area contributed by atoms with E-state index in [0.717, 1.165) is 28.1 Å². The smallest absolute Gasteiger partial charge is 0.238 e. The van der Waals surface area contributed by atoms with Crippen LogP contribution >= 0.6 is 34.7 Å². The summed E-state index contributed by atoms with van der Waals surface area (Å²) in [6, 6.07) is 3.39. The Balaban J connectivity index is 1.54. The van der Waals surface area contributed by atoms with E-state index in [1.807, 2.05) is 6.92 Å². The lowest BCUT2D eigenvalue weighted by Crippen LogP contribution is -2.23. The Morgan fingerprint density at radius 1 is 1.32 bits per heavy atom. The van der Waals surface area contributed by atoms with E-state index in [1.165, 1.54) is 34.8 Å². The van der Waals surface area contributed by atoms with Crippen LogP contribution in [0.1, 0.15) is 23.8 Å². The molecule has 1 aliphatic rings. The van der Waals surface area contributed by atoms with Gasteiger partial charge in [0.1, 0.15) is 22.0 Å². The highest BCUT2D eigenvalue weighted by Crippen LogP contribution is 2.40. The van der Waals surface area contributed by atoms with Gasteiger partial charge in [0.2, 0.25) is 5.91 Å². The number of thioether (sulfide) groups is 1. The number of carbonyl (C=O) groups excluding carboxylic acids is 1. The maximum Gasteiger partial charge on any atom is 0.238 e. The summed E-state index contributed by atoms with van der Waals surface area (Å²) in [5, 5.41) is 5.07. The normalized spacial score (nSPS) is 14.5. The number of thiophene rings is 1. The van der Waals surface area contributed by atoms with Gasteiger partial charge in [-0.05, 0) is 43.9 Å². The lowest BCUT2D eigenvalue weighted by atomic mass is 10.2. The lowest BCUT2D eigenvalue weighted by Gasteiger charge is -2.12. The number of hydrogen-bond donors (Lipinski definition) is 1. The SMILES string of the molecule is CC(Sc1ncnc2sc3c(c12)CCC3)C(=O)Nc1ccc(Cl)cn1. The van der Waals surface area contributed by atoms with Gasteiger partial charge in [-0.2, -0.15) is 0 Å². The Bertz CT molecular complexity index is 942. The zero-order chi connectivity index (χ0) is 17.4. The molecule has 5 nitrogen and oxygen atoms in total. The number of nitrogens with zero attached hydrogens (tertiary/aromatic N) is 3. The number of carbonyl (C=O) groups is 1. The van der Waals surface area contributed by atoms with Gasteiger partial charge in [0.25, 0.3) is 0 Å². The van der Waals surface area contributed by atoms with Crippen molar-refractivity contribution in [3.63, 3.8) is 0 Å². The van der Waals surface area contributed by atoms with E-state index in [9.17, 15) is 4.79 Å². The van der Waals surface area contributed by atoms with Crippen LogP contribution in [0.2, 0.25) is 5.02 Å². The predicted molar refractivity (Wildman–Crippen MR) is 103 cm³/mol. The molecule has 3 aromatic rings. The highest BCUT2D eigenvalue weighted by molar-refractivity contribution is 8.00. The molecule has 0 aliphatic heterocycles. The fourth-order valence-corrected chi connectivity index (χ4v) is 5.24. The molecule has 1 unspecified atom stereocenters. The van der Waals surface area contributed by atoms with Crippen LogP contribution < -0.4 is 5.32 Å². The first kappa shape index (κ1) is 16.8. The summed E-state index contributed by atoms with van der Waals surface area (Å²) < 4.78 is 0. The van der Waals surface area contributed by atoms with Crippen LogP contribution in [0, 0.1) is 0 Å². The molecule has 0 spiro atoms. The lowest BCUT2D eigenvalue weighted by molar-refractivity contribution is -0.115. The largest absolute Gasteiger partial charge is 0.310 e. The number of pyridine rings is 1. The summed E-state index contributed by atoms with van der Waals surface area (Å²) in [5.41, 5.74) is 1.37. The molecule has 0 saturated carbocycles. The number of aryl methyl sites for hydroxylation is 2. The van der Waals surface area contributed by atoms with Gasteiger partial charge in [-0.15, -0.1) is 11.3 Å². The molecule has 25 heavy (non-hydrogen) atoms. The summed E-state index contributed by atoms with van der Waals surface area (Å²) in [5.74, 6) is 0.379. The van der Waals surface area contributed by atoms with Crippen LogP contribution in [-0.2, 0) is 17.6 Å². The van der Waals surface area contributed by atoms with Gasteiger partial charge >= 0.3 is 0 Å². The minimum absolute atomic E-state index is 0.113. The average Bonchev–Trinajstić information content (AvgIpc) is 3.18. The zero-order valence-electron chi connectivity index (χ0n) is 13.5. The molecule has 8 heteroatoms. The second-order valence-corrected chi connectivity index (χ2v) is 8.68. The van der Waals surface area contributed by atoms with Crippen molar-refractivity contribution in [2.24, 2.45) is 0 Å². The van der Waals surface area contributed by atoms with Crippen LogP contribution in [-0.4, -0.2) is 26.1 Å². The van der Waals surface area contributed by atoms with E-state index < -0.39 is 0 Å². The number of nitrogens with one attached hydrogen (secondary N) is 1. The average molecular weight is 391 g/mol. The Hall–Kier alpha value is -1.70. The van der Waals surface area contributed by atoms with Crippen molar-refractivity contribution in [2.45, 2.75) is 36.5 Å². The molecule has 4 rings (SSSR count). The molecular weight excluding hydrogens is 376 g/mol. The van der Waals surface area contributed by atoms with Crippen molar-refractivity contribution < 1.29 is 4.79 Å². The van der Waals surface area contributed by atoms with E-state index in [0.29, 0.717) is 10.8 Å². The fourth-order valence-electron chi connectivity index (χ4n) is 2.89. The molecule has 0 saturated heterocycles. The first-order valence-corrected chi connectivity index (χ1v) is 10.0. The van der Waals surface area contributed by atoms with Crippen LogP contribution in [0.25, 0.3) is 10.2 Å². The van der Waals surface area contributed by atoms with E-state index in [-0.39, 0.29) is 11.2 Å². The zero-order valence-corrected chi connectivity index (χ0v) is 15.8. The van der Waals surface area contributed by atoms with Gasteiger partial charge < -0.3 is 5.32 Å². The van der Waals surface area contributed by atoms with Crippen molar-refractivity contribution in [1.82, 2.24) is 15.0 Å². The number of halogens is 1. The van der Waals surface area contributed by atoms with Gasteiger partial charge in [0.15, 0.2) is 0 Å². The number of fused-ring (bicyclic) bond motifs is 3. The monoisotopic (exact) mass is 390 g/mol. The molecule has 3 heterocycles. The molecule has 0 fully saturated rings. The second-order valence-electron chi connectivity index (χ2n) is 5.83. The van der Waals surface area contributed by atoms with Gasteiger partial charge in [-0.3, -0.25) is 4.79 Å². The first-order chi connectivity index (χ1) is 12.1. The van der Waals surface area contributed by atoms with E-state index in [4.69, 9.17) is 11.6 Å². The second kappa shape index (κ2) is 6.90. The first-order valence-electron chi connectivity index (χ1n) is 7.96. The minimum atomic E-state index is -0.299.